The topological polar surface area (TPSA) is 107 Å². The second-order valence-corrected chi connectivity index (χ2v) is 6.03. The van der Waals surface area contributed by atoms with Gasteiger partial charge in [-0.3, -0.25) is 10.1 Å². The van der Waals surface area contributed by atoms with Crippen molar-refractivity contribution in [3.8, 4) is 0 Å². The molecule has 0 radical (unpaired) electrons. The van der Waals surface area contributed by atoms with Crippen molar-refractivity contribution in [3.63, 3.8) is 0 Å². The molecule has 0 amide bonds. The zero-order valence-corrected chi connectivity index (χ0v) is 10.4. The van der Waals surface area contributed by atoms with Crippen molar-refractivity contribution in [1.82, 2.24) is 4.31 Å². The van der Waals surface area contributed by atoms with E-state index in [0.717, 1.165) is 18.9 Å². The molecule has 8 heteroatoms. The molecule has 1 aliphatic heterocycles. The molecule has 0 spiro atoms. The lowest BCUT2D eigenvalue weighted by atomic mass is 10.3. The third kappa shape index (κ3) is 2.16. The van der Waals surface area contributed by atoms with Crippen LogP contribution in [0.5, 0.6) is 0 Å². The van der Waals surface area contributed by atoms with Gasteiger partial charge in [0.05, 0.1) is 9.82 Å². The summed E-state index contributed by atoms with van der Waals surface area (Å²) in [5, 5.41) is 10.7. The number of hydrogen-bond acceptors (Lipinski definition) is 5. The van der Waals surface area contributed by atoms with Gasteiger partial charge in [0.15, 0.2) is 0 Å². The predicted octanol–water partition coefficient (Wildman–Crippen LogP) is 0.962. The summed E-state index contributed by atoms with van der Waals surface area (Å²) in [5.74, 6) is 0. The number of nitrogens with two attached hydrogens (primary N) is 1. The third-order valence-electron chi connectivity index (χ3n) is 2.90. The van der Waals surface area contributed by atoms with Gasteiger partial charge in [0.1, 0.15) is 5.69 Å². The molecule has 2 rings (SSSR count). The molecule has 7 nitrogen and oxygen atoms in total. The van der Waals surface area contributed by atoms with E-state index in [9.17, 15) is 18.5 Å². The Balaban J connectivity index is 2.45. The first-order valence-corrected chi connectivity index (χ1v) is 6.91. The summed E-state index contributed by atoms with van der Waals surface area (Å²) in [5.41, 5.74) is 5.02. The van der Waals surface area contributed by atoms with Crippen LogP contribution in [0.15, 0.2) is 23.1 Å². The van der Waals surface area contributed by atoms with Crippen molar-refractivity contribution in [2.24, 2.45) is 0 Å². The molecular formula is C10H13N3O4S. The quantitative estimate of drug-likeness (QED) is 0.500. The molecule has 0 saturated carbocycles. The summed E-state index contributed by atoms with van der Waals surface area (Å²) in [6, 6.07) is 3.57. The number of nitrogens with zero attached hydrogens (tertiary/aromatic N) is 2. The average Bonchev–Trinajstić information content (AvgIpc) is 2.82. The Labute approximate surface area is 104 Å². The minimum absolute atomic E-state index is 0.0413. The molecule has 1 aromatic rings. The Hall–Kier alpha value is -1.67. The van der Waals surface area contributed by atoms with Gasteiger partial charge in [0, 0.05) is 19.2 Å². The van der Waals surface area contributed by atoms with Crippen LogP contribution >= 0.6 is 0 Å². The van der Waals surface area contributed by atoms with Crippen molar-refractivity contribution in [2.45, 2.75) is 17.7 Å². The standard InChI is InChI=1S/C10H13N3O4S/c11-9-4-3-8(7-10(9)13(14)15)18(16,17)12-5-1-2-6-12/h3-4,7H,1-2,5-6,11H2. The molecule has 1 fully saturated rings. The summed E-state index contributed by atoms with van der Waals surface area (Å²) >= 11 is 0. The van der Waals surface area contributed by atoms with Crippen molar-refractivity contribution in [3.05, 3.63) is 28.3 Å². The normalized spacial score (nSPS) is 16.9. The minimum Gasteiger partial charge on any atom is -0.393 e. The van der Waals surface area contributed by atoms with Gasteiger partial charge < -0.3 is 5.73 Å². The SMILES string of the molecule is Nc1ccc(S(=O)(=O)N2CCCC2)cc1[N+](=O)[O-]. The van der Waals surface area contributed by atoms with Crippen LogP contribution in [0.2, 0.25) is 0 Å². The Morgan fingerprint density at radius 1 is 1.28 bits per heavy atom. The van der Waals surface area contributed by atoms with E-state index in [2.05, 4.69) is 0 Å². The number of nitro groups is 1. The fourth-order valence-corrected chi connectivity index (χ4v) is 3.46. The summed E-state index contributed by atoms with van der Waals surface area (Å²) in [7, 11) is -3.64. The van der Waals surface area contributed by atoms with E-state index in [1.807, 2.05) is 0 Å². The first-order valence-electron chi connectivity index (χ1n) is 5.47. The lowest BCUT2D eigenvalue weighted by Gasteiger charge is -2.15. The monoisotopic (exact) mass is 271 g/mol. The maximum Gasteiger partial charge on any atom is 0.293 e. The Kier molecular flexibility index (Phi) is 3.22. The first-order chi connectivity index (χ1) is 8.43. The van der Waals surface area contributed by atoms with Crippen LogP contribution in [0.3, 0.4) is 0 Å². The fraction of sp³-hybridized carbons (Fsp3) is 0.400. The van der Waals surface area contributed by atoms with Gasteiger partial charge >= 0.3 is 0 Å². The Bertz CT molecular complexity index is 579. The van der Waals surface area contributed by atoms with E-state index in [1.54, 1.807) is 0 Å². The van der Waals surface area contributed by atoms with Gasteiger partial charge in [-0.2, -0.15) is 4.31 Å². The summed E-state index contributed by atoms with van der Waals surface area (Å²) < 4.78 is 25.7. The summed E-state index contributed by atoms with van der Waals surface area (Å²) in [6.45, 7) is 0.918. The number of sulfonamides is 1. The highest BCUT2D eigenvalue weighted by Crippen LogP contribution is 2.27. The largest absolute Gasteiger partial charge is 0.393 e. The highest BCUT2D eigenvalue weighted by molar-refractivity contribution is 7.89. The van der Waals surface area contributed by atoms with E-state index in [4.69, 9.17) is 5.73 Å². The van der Waals surface area contributed by atoms with Crippen molar-refractivity contribution >= 4 is 21.4 Å². The predicted molar refractivity (Wildman–Crippen MR) is 65.5 cm³/mol. The lowest BCUT2D eigenvalue weighted by Crippen LogP contribution is -2.27. The maximum absolute atomic E-state index is 12.2. The minimum atomic E-state index is -3.64. The van der Waals surface area contributed by atoms with Gasteiger partial charge in [-0.05, 0) is 25.0 Å². The van der Waals surface area contributed by atoms with Gasteiger partial charge in [0.2, 0.25) is 10.0 Å². The molecule has 0 bridgehead atoms. The van der Waals surface area contributed by atoms with Crippen molar-refractivity contribution < 1.29 is 13.3 Å². The molecule has 2 N–H and O–H groups in total. The van der Waals surface area contributed by atoms with Crippen LogP contribution in [0.1, 0.15) is 12.8 Å². The van der Waals surface area contributed by atoms with Crippen LogP contribution in [0.25, 0.3) is 0 Å². The number of anilines is 1. The van der Waals surface area contributed by atoms with Crippen LogP contribution in [0, 0.1) is 10.1 Å². The molecule has 1 heterocycles. The number of nitro benzene ring substituents is 1. The Morgan fingerprint density at radius 2 is 1.89 bits per heavy atom. The van der Waals surface area contributed by atoms with Gasteiger partial charge in [-0.1, -0.05) is 0 Å². The Morgan fingerprint density at radius 3 is 2.44 bits per heavy atom. The number of rotatable bonds is 3. The molecule has 0 aliphatic carbocycles. The molecule has 0 atom stereocenters. The third-order valence-corrected chi connectivity index (χ3v) is 4.80. The summed E-state index contributed by atoms with van der Waals surface area (Å²) in [6.07, 6.45) is 1.63. The van der Waals surface area contributed by atoms with Gasteiger partial charge in [0.25, 0.3) is 5.69 Å². The molecule has 0 unspecified atom stereocenters. The highest BCUT2D eigenvalue weighted by atomic mass is 32.2. The smallest absolute Gasteiger partial charge is 0.293 e. The van der Waals surface area contributed by atoms with Crippen LogP contribution in [-0.2, 0) is 10.0 Å². The molecule has 98 valence electrons. The zero-order valence-electron chi connectivity index (χ0n) is 9.57. The number of nitrogen functional groups attached to an aromatic ring is 1. The van der Waals surface area contributed by atoms with Crippen LogP contribution in [-0.4, -0.2) is 30.7 Å². The van der Waals surface area contributed by atoms with Crippen LogP contribution in [0.4, 0.5) is 11.4 Å². The van der Waals surface area contributed by atoms with E-state index >= 15 is 0 Å². The lowest BCUT2D eigenvalue weighted by molar-refractivity contribution is -0.384. The molecular weight excluding hydrogens is 258 g/mol. The number of hydrogen-bond donors (Lipinski definition) is 1. The van der Waals surface area contributed by atoms with Gasteiger partial charge in [-0.15, -0.1) is 0 Å². The van der Waals surface area contributed by atoms with E-state index < -0.39 is 14.9 Å². The molecule has 1 aliphatic rings. The molecule has 0 aromatic heterocycles. The second kappa shape index (κ2) is 4.54. The van der Waals surface area contributed by atoms with E-state index in [1.165, 1.54) is 16.4 Å². The second-order valence-electron chi connectivity index (χ2n) is 4.09. The molecule has 18 heavy (non-hydrogen) atoms. The number of benzene rings is 1. The first kappa shape index (κ1) is 12.8. The van der Waals surface area contributed by atoms with E-state index in [0.29, 0.717) is 13.1 Å². The van der Waals surface area contributed by atoms with E-state index in [-0.39, 0.29) is 16.3 Å². The fourth-order valence-electron chi connectivity index (χ4n) is 1.92. The maximum atomic E-state index is 12.2. The zero-order chi connectivity index (χ0) is 13.3. The van der Waals surface area contributed by atoms with Gasteiger partial charge in [-0.25, -0.2) is 8.42 Å². The summed E-state index contributed by atoms with van der Waals surface area (Å²) in [4.78, 5) is 9.98. The van der Waals surface area contributed by atoms with Crippen molar-refractivity contribution in [1.29, 1.82) is 0 Å². The average molecular weight is 271 g/mol. The highest BCUT2D eigenvalue weighted by Gasteiger charge is 2.28. The van der Waals surface area contributed by atoms with Crippen molar-refractivity contribution in [2.75, 3.05) is 18.8 Å². The van der Waals surface area contributed by atoms with Crippen LogP contribution < -0.4 is 5.73 Å². The molecule has 1 saturated heterocycles. The molecule has 1 aromatic carbocycles.